The first-order valence-corrected chi connectivity index (χ1v) is 11.0. The molecule has 1 aliphatic heterocycles. The van der Waals surface area contributed by atoms with E-state index >= 15 is 0 Å². The van der Waals surface area contributed by atoms with Crippen molar-refractivity contribution in [1.82, 2.24) is 10.6 Å². The van der Waals surface area contributed by atoms with Gasteiger partial charge in [0.2, 0.25) is 0 Å². The molecule has 0 radical (unpaired) electrons. The molecule has 0 fully saturated rings. The number of anilines is 1. The Balaban J connectivity index is 1.73. The molecular weight excluding hydrogens is 521 g/mol. The van der Waals surface area contributed by atoms with Gasteiger partial charge in [-0.25, -0.2) is 0 Å². The number of hydrazone groups is 1. The normalized spacial score (nSPS) is 18.3. The van der Waals surface area contributed by atoms with E-state index in [1.165, 1.54) is 36.4 Å². The zero-order chi connectivity index (χ0) is 26.0. The first kappa shape index (κ1) is 27.1. The number of amides is 1. The van der Waals surface area contributed by atoms with Gasteiger partial charge < -0.3 is 10.6 Å². The summed E-state index contributed by atoms with van der Waals surface area (Å²) < 4.78 is 79.0. The van der Waals surface area contributed by atoms with E-state index in [0.29, 0.717) is 11.3 Å². The van der Waals surface area contributed by atoms with Gasteiger partial charge in [0.25, 0.3) is 5.91 Å². The van der Waals surface area contributed by atoms with Crippen molar-refractivity contribution >= 4 is 41.0 Å². The molecule has 0 saturated heterocycles. The molecule has 1 atom stereocenters. The van der Waals surface area contributed by atoms with E-state index in [1.54, 1.807) is 6.92 Å². The van der Waals surface area contributed by atoms with Gasteiger partial charge in [0, 0.05) is 34.9 Å². The Labute approximate surface area is 207 Å². The second-order valence-corrected chi connectivity index (χ2v) is 8.85. The third-order valence-electron chi connectivity index (χ3n) is 5.37. The molecule has 13 heteroatoms. The van der Waals surface area contributed by atoms with Gasteiger partial charge in [-0.05, 0) is 54.4 Å². The van der Waals surface area contributed by atoms with Crippen LogP contribution in [0.2, 0.25) is 10.0 Å². The number of rotatable bonds is 7. The largest absolute Gasteiger partial charge is 0.405 e. The van der Waals surface area contributed by atoms with Gasteiger partial charge in [-0.3, -0.25) is 9.80 Å². The van der Waals surface area contributed by atoms with E-state index in [-0.39, 0.29) is 34.3 Å². The van der Waals surface area contributed by atoms with E-state index in [1.807, 2.05) is 0 Å². The number of aryl methyl sites for hydroxylation is 1. The zero-order valence-corrected chi connectivity index (χ0v) is 19.7. The van der Waals surface area contributed by atoms with Crippen molar-refractivity contribution in [3.05, 3.63) is 63.1 Å². The van der Waals surface area contributed by atoms with Crippen LogP contribution in [0.5, 0.6) is 0 Å². The van der Waals surface area contributed by atoms with Crippen LogP contribution in [0.4, 0.5) is 32.0 Å². The van der Waals surface area contributed by atoms with Gasteiger partial charge in [0.15, 0.2) is 0 Å². The summed E-state index contributed by atoms with van der Waals surface area (Å²) >= 11 is 11.9. The minimum atomic E-state index is -4.70. The molecule has 5 nitrogen and oxygen atoms in total. The number of hydrogen-bond acceptors (Lipinski definition) is 4. The van der Waals surface area contributed by atoms with Crippen molar-refractivity contribution in [3.8, 4) is 0 Å². The smallest absolute Gasteiger partial charge is 0.351 e. The number of alkyl halides is 6. The van der Waals surface area contributed by atoms with Crippen LogP contribution in [0, 0.1) is 6.92 Å². The Morgan fingerprint density at radius 3 is 2.29 bits per heavy atom. The summed E-state index contributed by atoms with van der Waals surface area (Å²) in [6.07, 6.45) is -8.25. The number of nitrogens with one attached hydrogen (secondary N) is 2. The third kappa shape index (κ3) is 6.39. The van der Waals surface area contributed by atoms with Crippen molar-refractivity contribution < 1.29 is 31.1 Å². The zero-order valence-electron chi connectivity index (χ0n) is 18.2. The van der Waals surface area contributed by atoms with Gasteiger partial charge >= 0.3 is 12.4 Å². The van der Waals surface area contributed by atoms with Crippen LogP contribution in [-0.2, 0) is 5.41 Å². The van der Waals surface area contributed by atoms with Crippen LogP contribution < -0.4 is 15.6 Å². The number of hydrogen-bond donors (Lipinski definition) is 2. The lowest BCUT2D eigenvalue weighted by molar-refractivity contribution is -0.164. The highest BCUT2D eigenvalue weighted by molar-refractivity contribution is 6.34. The van der Waals surface area contributed by atoms with Crippen LogP contribution in [0.3, 0.4) is 0 Å². The first-order chi connectivity index (χ1) is 16.2. The molecule has 2 aromatic rings. The monoisotopic (exact) mass is 540 g/mol. The molecule has 35 heavy (non-hydrogen) atoms. The number of carbonyl (C=O) groups is 1. The standard InChI is InChI=1S/C22H20Cl2F6N4O/c1-13-6-17(2-3-18(13)19(35)32-5-4-31-11-21(25,26)27)34-12-20(10-33-34,22(28,29)30)14-7-15(23)9-16(24)8-14/h2-3,6-10,31H,4-5,11-12H2,1H3,(H,32,35). The second-order valence-electron chi connectivity index (χ2n) is 7.98. The number of halogens is 8. The highest BCUT2D eigenvalue weighted by Gasteiger charge is 2.58. The molecule has 0 aromatic heterocycles. The Hall–Kier alpha value is -2.50. The summed E-state index contributed by atoms with van der Waals surface area (Å²) in [5.41, 5.74) is -1.60. The SMILES string of the molecule is Cc1cc(N2CC(c3cc(Cl)cc(Cl)c3)(C(F)(F)F)C=N2)ccc1C(=O)NCCNCC(F)(F)F. The number of carbonyl (C=O) groups excluding carboxylic acids is 1. The Bertz CT molecular complexity index is 1100. The second kappa shape index (κ2) is 10.2. The molecule has 1 unspecified atom stereocenters. The molecule has 2 N–H and O–H groups in total. The van der Waals surface area contributed by atoms with Crippen molar-refractivity contribution in [3.63, 3.8) is 0 Å². The summed E-state index contributed by atoms with van der Waals surface area (Å²) in [4.78, 5) is 12.4. The average Bonchev–Trinajstić information content (AvgIpc) is 3.19. The molecule has 1 amide bonds. The van der Waals surface area contributed by atoms with Gasteiger partial charge in [-0.1, -0.05) is 23.2 Å². The van der Waals surface area contributed by atoms with Gasteiger partial charge in [0.1, 0.15) is 5.41 Å². The average molecular weight is 541 g/mol. The van der Waals surface area contributed by atoms with Crippen LogP contribution >= 0.6 is 23.2 Å². The highest BCUT2D eigenvalue weighted by Crippen LogP contribution is 2.45. The van der Waals surface area contributed by atoms with E-state index in [0.717, 1.165) is 11.2 Å². The molecular formula is C22H20Cl2F6N4O. The molecule has 0 saturated carbocycles. The van der Waals surface area contributed by atoms with E-state index in [9.17, 15) is 31.1 Å². The molecule has 1 heterocycles. The lowest BCUT2D eigenvalue weighted by atomic mass is 9.81. The summed E-state index contributed by atoms with van der Waals surface area (Å²) in [7, 11) is 0. The van der Waals surface area contributed by atoms with Crippen molar-refractivity contribution in [2.75, 3.05) is 31.2 Å². The first-order valence-electron chi connectivity index (χ1n) is 10.2. The Morgan fingerprint density at radius 1 is 1.06 bits per heavy atom. The Morgan fingerprint density at radius 2 is 1.71 bits per heavy atom. The van der Waals surface area contributed by atoms with Crippen LogP contribution in [0.1, 0.15) is 21.5 Å². The van der Waals surface area contributed by atoms with Crippen molar-refractivity contribution in [2.45, 2.75) is 24.7 Å². The van der Waals surface area contributed by atoms with E-state index in [4.69, 9.17) is 23.2 Å². The Kier molecular flexibility index (Phi) is 7.93. The number of nitrogens with zero attached hydrogens (tertiary/aromatic N) is 2. The van der Waals surface area contributed by atoms with Gasteiger partial charge in [-0.15, -0.1) is 0 Å². The minimum Gasteiger partial charge on any atom is -0.351 e. The van der Waals surface area contributed by atoms with Gasteiger partial charge in [-0.2, -0.15) is 31.4 Å². The van der Waals surface area contributed by atoms with Crippen LogP contribution in [0.15, 0.2) is 41.5 Å². The summed E-state index contributed by atoms with van der Waals surface area (Å²) in [6.45, 7) is -0.272. The lowest BCUT2D eigenvalue weighted by Crippen LogP contribution is -2.47. The fourth-order valence-electron chi connectivity index (χ4n) is 3.60. The van der Waals surface area contributed by atoms with Crippen molar-refractivity contribution in [2.24, 2.45) is 5.10 Å². The number of benzene rings is 2. The summed E-state index contributed by atoms with van der Waals surface area (Å²) in [5.74, 6) is -0.522. The molecule has 3 rings (SSSR count). The summed E-state index contributed by atoms with van der Waals surface area (Å²) in [6, 6.07) is 8.09. The lowest BCUT2D eigenvalue weighted by Gasteiger charge is -2.31. The molecule has 0 aliphatic carbocycles. The molecule has 190 valence electrons. The topological polar surface area (TPSA) is 56.7 Å². The maximum absolute atomic E-state index is 14.2. The van der Waals surface area contributed by atoms with Crippen molar-refractivity contribution in [1.29, 1.82) is 0 Å². The quantitative estimate of drug-likeness (QED) is 0.360. The van der Waals surface area contributed by atoms with E-state index in [2.05, 4.69) is 15.7 Å². The predicted molar refractivity (Wildman–Crippen MR) is 122 cm³/mol. The summed E-state index contributed by atoms with van der Waals surface area (Å²) in [5, 5.41) is 9.91. The predicted octanol–water partition coefficient (Wildman–Crippen LogP) is 5.49. The molecule has 0 spiro atoms. The maximum atomic E-state index is 14.2. The molecule has 2 aromatic carbocycles. The van der Waals surface area contributed by atoms with E-state index < -0.39 is 36.8 Å². The fraction of sp³-hybridized carbons (Fsp3) is 0.364. The minimum absolute atomic E-state index is 0.0389. The molecule has 0 bridgehead atoms. The van der Waals surface area contributed by atoms with Crippen LogP contribution in [0.25, 0.3) is 0 Å². The highest BCUT2D eigenvalue weighted by atomic mass is 35.5. The maximum Gasteiger partial charge on any atom is 0.405 e. The third-order valence-corrected chi connectivity index (χ3v) is 5.80. The molecule has 1 aliphatic rings. The fourth-order valence-corrected chi connectivity index (χ4v) is 4.13. The van der Waals surface area contributed by atoms with Gasteiger partial charge in [0.05, 0.1) is 18.8 Å². The van der Waals surface area contributed by atoms with Crippen LogP contribution in [-0.4, -0.2) is 50.7 Å².